The van der Waals surface area contributed by atoms with Gasteiger partial charge in [0.05, 0.1) is 6.54 Å². The van der Waals surface area contributed by atoms with E-state index in [9.17, 15) is 0 Å². The van der Waals surface area contributed by atoms with Crippen molar-refractivity contribution in [3.05, 3.63) is 42.0 Å². The number of nitrogens with zero attached hydrogens (tertiary/aromatic N) is 4. The molecule has 6 heteroatoms. The smallest absolute Gasteiger partial charge is 0.165 e. The van der Waals surface area contributed by atoms with E-state index in [1.807, 2.05) is 14.0 Å². The lowest BCUT2D eigenvalue weighted by molar-refractivity contribution is 0.777. The van der Waals surface area contributed by atoms with Crippen molar-refractivity contribution in [2.45, 2.75) is 20.3 Å². The Morgan fingerprint density at radius 2 is 1.95 bits per heavy atom. The summed E-state index contributed by atoms with van der Waals surface area (Å²) < 4.78 is 2.12. The van der Waals surface area contributed by atoms with Crippen LogP contribution in [-0.4, -0.2) is 33.8 Å². The van der Waals surface area contributed by atoms with Crippen LogP contribution in [-0.2, 0) is 6.54 Å². The van der Waals surface area contributed by atoms with Crippen LogP contribution >= 0.6 is 0 Å². The zero-order chi connectivity index (χ0) is 14.8. The third-order valence-corrected chi connectivity index (χ3v) is 3.73. The van der Waals surface area contributed by atoms with Gasteiger partial charge in [0.1, 0.15) is 12.2 Å². The van der Waals surface area contributed by atoms with E-state index in [2.05, 4.69) is 55.9 Å². The molecule has 0 aliphatic carbocycles. The van der Waals surface area contributed by atoms with Crippen LogP contribution in [0.3, 0.4) is 0 Å². The number of aromatic nitrogens is 4. The Bertz CT molecular complexity index is 764. The first-order chi connectivity index (χ1) is 10.2. The van der Waals surface area contributed by atoms with Gasteiger partial charge < -0.3 is 9.88 Å². The molecule has 0 radical (unpaired) electrons. The predicted molar refractivity (Wildman–Crippen MR) is 87.8 cm³/mol. The summed E-state index contributed by atoms with van der Waals surface area (Å²) in [6.45, 7) is 4.94. The quantitative estimate of drug-likeness (QED) is 0.732. The fourth-order valence-electron chi connectivity index (χ4n) is 2.48. The molecular weight excluding hydrogens is 261 g/mol. The second-order valence-electron chi connectivity index (χ2n) is 5.06. The van der Waals surface area contributed by atoms with Crippen LogP contribution in [0.5, 0.6) is 0 Å². The molecule has 106 valence electrons. The molecule has 0 bridgehead atoms. The minimum atomic E-state index is 0.767. The second kappa shape index (κ2) is 5.56. The van der Waals surface area contributed by atoms with Crippen molar-refractivity contribution in [3.63, 3.8) is 0 Å². The first kappa shape index (κ1) is 13.6. The molecule has 3 aromatic rings. The third-order valence-electron chi connectivity index (χ3n) is 3.73. The van der Waals surface area contributed by atoms with Gasteiger partial charge in [-0.3, -0.25) is 0 Å². The Morgan fingerprint density at radius 3 is 2.62 bits per heavy atom. The maximum absolute atomic E-state index is 4.59. The number of imidazole rings is 1. The maximum Gasteiger partial charge on any atom is 0.165 e. The first-order valence-electron chi connectivity index (χ1n) is 7.16. The Labute approximate surface area is 124 Å². The summed E-state index contributed by atoms with van der Waals surface area (Å²) >= 11 is 0. The van der Waals surface area contributed by atoms with E-state index in [1.54, 1.807) is 6.33 Å². The van der Waals surface area contributed by atoms with Crippen molar-refractivity contribution in [3.8, 4) is 0 Å². The van der Waals surface area contributed by atoms with Gasteiger partial charge in [-0.15, -0.1) is 0 Å². The molecule has 1 N–H and O–H groups in total. The molecule has 2 aromatic heterocycles. The van der Waals surface area contributed by atoms with Crippen molar-refractivity contribution in [2.75, 3.05) is 12.4 Å². The maximum atomic E-state index is 4.59. The fourth-order valence-corrected chi connectivity index (χ4v) is 2.48. The van der Waals surface area contributed by atoms with E-state index in [0.717, 1.165) is 36.6 Å². The molecule has 0 aliphatic rings. The standard InChI is InChI=1S/C15H18BN5/c1-10-20-13-14(17-3)18-9-19-15(13)21(10)8-11-4-6-12(16-2)7-5-11/h4-7,9,16H,8H2,1-3H3,(H,17,18,19). The molecule has 0 amide bonds. The van der Waals surface area contributed by atoms with Crippen LogP contribution in [0, 0.1) is 6.92 Å². The highest BCUT2D eigenvalue weighted by Gasteiger charge is 2.12. The minimum absolute atomic E-state index is 0.767. The van der Waals surface area contributed by atoms with Crippen LogP contribution in [0.1, 0.15) is 11.4 Å². The largest absolute Gasteiger partial charge is 0.371 e. The van der Waals surface area contributed by atoms with E-state index in [4.69, 9.17) is 0 Å². The molecular formula is C15H18BN5. The van der Waals surface area contributed by atoms with Gasteiger partial charge in [0.15, 0.2) is 24.3 Å². The van der Waals surface area contributed by atoms with Gasteiger partial charge in [0.25, 0.3) is 0 Å². The van der Waals surface area contributed by atoms with Crippen molar-refractivity contribution >= 4 is 29.7 Å². The van der Waals surface area contributed by atoms with Crippen molar-refractivity contribution < 1.29 is 0 Å². The number of hydrogen-bond donors (Lipinski definition) is 1. The number of nitrogens with one attached hydrogen (secondary N) is 1. The molecule has 21 heavy (non-hydrogen) atoms. The highest BCUT2D eigenvalue weighted by atomic mass is 15.2. The highest BCUT2D eigenvalue weighted by Crippen LogP contribution is 2.20. The van der Waals surface area contributed by atoms with Gasteiger partial charge in [-0.25, -0.2) is 15.0 Å². The summed E-state index contributed by atoms with van der Waals surface area (Å²) in [4.78, 5) is 13.2. The molecule has 1 aromatic carbocycles. The van der Waals surface area contributed by atoms with Crippen molar-refractivity contribution in [1.29, 1.82) is 0 Å². The SMILES string of the molecule is CBc1ccc(Cn2c(C)nc3c(NC)ncnc32)cc1. The summed E-state index contributed by atoms with van der Waals surface area (Å²) in [6.07, 6.45) is 1.58. The molecule has 0 unspecified atom stereocenters. The summed E-state index contributed by atoms with van der Waals surface area (Å²) in [5.41, 5.74) is 4.29. The van der Waals surface area contributed by atoms with Crippen LogP contribution in [0.2, 0.25) is 6.82 Å². The van der Waals surface area contributed by atoms with Gasteiger partial charge in [-0.05, 0) is 12.5 Å². The molecule has 3 rings (SSSR count). The summed E-state index contributed by atoms with van der Waals surface area (Å²) in [5, 5.41) is 3.06. The Morgan fingerprint density at radius 1 is 1.19 bits per heavy atom. The monoisotopic (exact) mass is 279 g/mol. The third kappa shape index (κ3) is 2.49. The summed E-state index contributed by atoms with van der Waals surface area (Å²) in [6, 6.07) is 8.70. The van der Waals surface area contributed by atoms with E-state index >= 15 is 0 Å². The Kier molecular flexibility index (Phi) is 3.60. The van der Waals surface area contributed by atoms with Crippen LogP contribution in [0.25, 0.3) is 11.2 Å². The summed E-state index contributed by atoms with van der Waals surface area (Å²) in [5.74, 6) is 1.71. The average Bonchev–Trinajstić information content (AvgIpc) is 2.84. The number of aryl methyl sites for hydroxylation is 1. The first-order valence-corrected chi connectivity index (χ1v) is 7.16. The molecule has 0 spiro atoms. The minimum Gasteiger partial charge on any atom is -0.371 e. The molecule has 0 saturated heterocycles. The van der Waals surface area contributed by atoms with Crippen LogP contribution in [0.15, 0.2) is 30.6 Å². The van der Waals surface area contributed by atoms with E-state index in [-0.39, 0.29) is 0 Å². The molecule has 0 saturated carbocycles. The topological polar surface area (TPSA) is 55.6 Å². The van der Waals surface area contributed by atoms with Crippen molar-refractivity contribution in [1.82, 2.24) is 19.5 Å². The number of anilines is 1. The van der Waals surface area contributed by atoms with Crippen molar-refractivity contribution in [2.24, 2.45) is 0 Å². The van der Waals surface area contributed by atoms with Gasteiger partial charge in [0.2, 0.25) is 0 Å². The molecule has 5 nitrogen and oxygen atoms in total. The zero-order valence-corrected chi connectivity index (χ0v) is 12.6. The lowest BCUT2D eigenvalue weighted by Crippen LogP contribution is -2.10. The highest BCUT2D eigenvalue weighted by molar-refractivity contribution is 6.51. The van der Waals surface area contributed by atoms with Gasteiger partial charge in [0, 0.05) is 7.05 Å². The fraction of sp³-hybridized carbons (Fsp3) is 0.267. The summed E-state index contributed by atoms with van der Waals surface area (Å²) in [7, 11) is 2.91. The van der Waals surface area contributed by atoms with E-state index < -0.39 is 0 Å². The lowest BCUT2D eigenvalue weighted by Gasteiger charge is -2.07. The number of rotatable bonds is 4. The van der Waals surface area contributed by atoms with Gasteiger partial charge in [-0.1, -0.05) is 36.6 Å². The van der Waals surface area contributed by atoms with Crippen LogP contribution in [0.4, 0.5) is 5.82 Å². The molecule has 0 aliphatic heterocycles. The normalized spacial score (nSPS) is 10.8. The lowest BCUT2D eigenvalue weighted by atomic mass is 9.73. The average molecular weight is 279 g/mol. The number of benzene rings is 1. The molecule has 0 fully saturated rings. The van der Waals surface area contributed by atoms with E-state index in [1.165, 1.54) is 11.0 Å². The van der Waals surface area contributed by atoms with Crippen LogP contribution < -0.4 is 10.8 Å². The molecule has 2 heterocycles. The Balaban J connectivity index is 2.01. The predicted octanol–water partition coefficient (Wildman–Crippen LogP) is 1.33. The zero-order valence-electron chi connectivity index (χ0n) is 12.6. The van der Waals surface area contributed by atoms with Gasteiger partial charge >= 0.3 is 0 Å². The number of fused-ring (bicyclic) bond motifs is 1. The Hall–Kier alpha value is -2.37. The number of hydrogen-bond acceptors (Lipinski definition) is 4. The van der Waals surface area contributed by atoms with E-state index in [0.29, 0.717) is 0 Å². The second-order valence-corrected chi connectivity index (χ2v) is 5.06. The molecule has 0 atom stereocenters. The van der Waals surface area contributed by atoms with Gasteiger partial charge in [-0.2, -0.15) is 0 Å².